The van der Waals surface area contributed by atoms with Gasteiger partial charge in [-0.05, 0) is 44.0 Å². The molecule has 7 nitrogen and oxygen atoms in total. The summed E-state index contributed by atoms with van der Waals surface area (Å²) in [5, 5.41) is 9.82. The molecular formula is C22H20F6N6OS. The number of hydrogen-bond donors (Lipinski definition) is 1. The zero-order valence-corrected chi connectivity index (χ0v) is 19.9. The molecule has 4 aromatic rings. The lowest BCUT2D eigenvalue weighted by atomic mass is 10.2. The summed E-state index contributed by atoms with van der Waals surface area (Å²) in [6, 6.07) is 6.51. The molecule has 1 amide bonds. The van der Waals surface area contributed by atoms with Gasteiger partial charge in [-0.2, -0.15) is 36.5 Å². The molecule has 0 bridgehead atoms. The van der Waals surface area contributed by atoms with Crippen LogP contribution in [0.15, 0.2) is 30.3 Å². The van der Waals surface area contributed by atoms with Gasteiger partial charge in [-0.25, -0.2) is 9.50 Å². The summed E-state index contributed by atoms with van der Waals surface area (Å²) in [6.45, 7) is 3.58. The van der Waals surface area contributed by atoms with Crippen molar-refractivity contribution in [2.24, 2.45) is 0 Å². The fourth-order valence-electron chi connectivity index (χ4n) is 3.52. The van der Waals surface area contributed by atoms with Gasteiger partial charge in [-0.3, -0.25) is 9.48 Å². The summed E-state index contributed by atoms with van der Waals surface area (Å²) in [5.41, 5.74) is -2.04. The molecular weight excluding hydrogens is 510 g/mol. The van der Waals surface area contributed by atoms with Crippen molar-refractivity contribution in [3.63, 3.8) is 0 Å². The van der Waals surface area contributed by atoms with Crippen molar-refractivity contribution in [2.75, 3.05) is 6.54 Å². The van der Waals surface area contributed by atoms with Crippen molar-refractivity contribution >= 4 is 22.9 Å². The highest BCUT2D eigenvalue weighted by Crippen LogP contribution is 2.34. The van der Waals surface area contributed by atoms with Crippen LogP contribution in [0.3, 0.4) is 0 Å². The Labute approximate surface area is 204 Å². The Balaban J connectivity index is 1.49. The quantitative estimate of drug-likeness (QED) is 0.257. The number of nitrogens with one attached hydrogen (secondary N) is 1. The first kappa shape index (κ1) is 25.7. The van der Waals surface area contributed by atoms with E-state index >= 15 is 0 Å². The number of fused-ring (bicyclic) bond motifs is 1. The molecule has 14 heteroatoms. The van der Waals surface area contributed by atoms with E-state index in [1.165, 1.54) is 22.9 Å². The van der Waals surface area contributed by atoms with Crippen LogP contribution in [0.25, 0.3) is 16.2 Å². The standard InChI is InChI=1S/C22H20F6N6OS/c1-3-13-5-6-16(36-13)14-10-18(22(26,27)28)34-19(30-14)11-15(31-34)20(35)29-7-4-8-33-12(2)9-17(32-33)21(23,24)25/h5-6,9-11H,3-4,7-8H2,1-2H3,(H,29,35). The largest absolute Gasteiger partial charge is 0.435 e. The summed E-state index contributed by atoms with van der Waals surface area (Å²) in [6.07, 6.45) is -8.32. The molecule has 4 heterocycles. The highest BCUT2D eigenvalue weighted by molar-refractivity contribution is 7.15. The third kappa shape index (κ3) is 5.37. The van der Waals surface area contributed by atoms with Gasteiger partial charge in [0, 0.05) is 29.7 Å². The number of alkyl halides is 6. The number of aromatic nitrogens is 5. The van der Waals surface area contributed by atoms with Crippen LogP contribution < -0.4 is 5.32 Å². The maximum atomic E-state index is 13.7. The monoisotopic (exact) mass is 530 g/mol. The second-order valence-electron chi connectivity index (χ2n) is 7.94. The molecule has 0 unspecified atom stereocenters. The average molecular weight is 530 g/mol. The summed E-state index contributed by atoms with van der Waals surface area (Å²) >= 11 is 1.33. The van der Waals surface area contributed by atoms with Crippen molar-refractivity contribution in [3.8, 4) is 10.6 Å². The second-order valence-corrected chi connectivity index (χ2v) is 9.11. The van der Waals surface area contributed by atoms with Crippen LogP contribution in [0.2, 0.25) is 0 Å². The van der Waals surface area contributed by atoms with E-state index in [2.05, 4.69) is 20.5 Å². The second kappa shape index (κ2) is 9.56. The molecule has 0 aliphatic rings. The SMILES string of the molecule is CCc1ccc(-c2cc(C(F)(F)F)n3nc(C(=O)NCCCn4nc(C(F)(F)F)cc4C)cc3n2)s1. The number of nitrogens with zero attached hydrogens (tertiary/aromatic N) is 5. The number of amides is 1. The molecule has 0 atom stereocenters. The maximum absolute atomic E-state index is 13.7. The van der Waals surface area contributed by atoms with Gasteiger partial charge in [-0.15, -0.1) is 11.3 Å². The molecule has 0 saturated heterocycles. The van der Waals surface area contributed by atoms with Gasteiger partial charge < -0.3 is 5.32 Å². The lowest BCUT2D eigenvalue weighted by Crippen LogP contribution is -2.26. The minimum atomic E-state index is -4.74. The Kier molecular flexibility index (Phi) is 6.82. The van der Waals surface area contributed by atoms with Gasteiger partial charge in [0.05, 0.1) is 10.6 Å². The molecule has 0 aromatic carbocycles. The van der Waals surface area contributed by atoms with Crippen LogP contribution in [-0.4, -0.2) is 36.8 Å². The molecule has 4 aromatic heterocycles. The van der Waals surface area contributed by atoms with Gasteiger partial charge in [0.15, 0.2) is 22.7 Å². The molecule has 0 spiro atoms. The fourth-order valence-corrected chi connectivity index (χ4v) is 4.42. The van der Waals surface area contributed by atoms with Gasteiger partial charge in [-0.1, -0.05) is 6.92 Å². The zero-order valence-electron chi connectivity index (χ0n) is 19.0. The van der Waals surface area contributed by atoms with Gasteiger partial charge in [0.1, 0.15) is 0 Å². The van der Waals surface area contributed by atoms with E-state index in [1.807, 2.05) is 13.0 Å². The maximum Gasteiger partial charge on any atom is 0.435 e. The first-order valence-corrected chi connectivity index (χ1v) is 11.7. The Bertz CT molecular complexity index is 1400. The van der Waals surface area contributed by atoms with Crippen molar-refractivity contribution in [1.29, 1.82) is 0 Å². The number of hydrogen-bond acceptors (Lipinski definition) is 5. The average Bonchev–Trinajstić information content (AvgIpc) is 3.52. The Morgan fingerprint density at radius 2 is 1.81 bits per heavy atom. The molecule has 0 aliphatic heterocycles. The third-order valence-corrected chi connectivity index (χ3v) is 6.57. The van der Waals surface area contributed by atoms with Crippen LogP contribution in [-0.2, 0) is 25.3 Å². The molecule has 0 fully saturated rings. The van der Waals surface area contributed by atoms with E-state index in [9.17, 15) is 31.1 Å². The van der Waals surface area contributed by atoms with Crippen molar-refractivity contribution in [1.82, 2.24) is 29.7 Å². The van der Waals surface area contributed by atoms with Gasteiger partial charge >= 0.3 is 12.4 Å². The number of aryl methyl sites for hydroxylation is 3. The summed E-state index contributed by atoms with van der Waals surface area (Å²) in [5.74, 6) is -0.729. The fraction of sp³-hybridized carbons (Fsp3) is 0.364. The van der Waals surface area contributed by atoms with E-state index in [-0.39, 0.29) is 36.5 Å². The molecule has 0 aliphatic carbocycles. The van der Waals surface area contributed by atoms with E-state index in [1.54, 1.807) is 6.07 Å². The van der Waals surface area contributed by atoms with Crippen molar-refractivity contribution in [3.05, 3.63) is 58.0 Å². The number of rotatable bonds is 7. The normalized spacial score (nSPS) is 12.4. The number of carbonyl (C=O) groups excluding carboxylic acids is 1. The summed E-state index contributed by atoms with van der Waals surface area (Å²) in [4.78, 5) is 18.3. The number of halogens is 6. The predicted molar refractivity (Wildman–Crippen MR) is 120 cm³/mol. The minimum absolute atomic E-state index is 0.0488. The molecule has 1 N–H and O–H groups in total. The van der Waals surface area contributed by atoms with Crippen molar-refractivity contribution in [2.45, 2.75) is 45.6 Å². The van der Waals surface area contributed by atoms with E-state index in [0.717, 1.165) is 29.5 Å². The zero-order chi connectivity index (χ0) is 26.3. The number of thiophene rings is 1. The predicted octanol–water partition coefficient (Wildman–Crippen LogP) is 5.38. The smallest absolute Gasteiger partial charge is 0.351 e. The van der Waals surface area contributed by atoms with E-state index < -0.39 is 29.6 Å². The highest BCUT2D eigenvalue weighted by atomic mass is 32.1. The van der Waals surface area contributed by atoms with Crippen LogP contribution in [0.5, 0.6) is 0 Å². The topological polar surface area (TPSA) is 77.1 Å². The van der Waals surface area contributed by atoms with Crippen LogP contribution in [0.1, 0.15) is 45.8 Å². The minimum Gasteiger partial charge on any atom is -0.351 e. The lowest BCUT2D eigenvalue weighted by Gasteiger charge is -2.10. The lowest BCUT2D eigenvalue weighted by molar-refractivity contribution is -0.143. The molecule has 0 saturated carbocycles. The molecule has 4 rings (SSSR count). The highest BCUT2D eigenvalue weighted by Gasteiger charge is 2.36. The Morgan fingerprint density at radius 3 is 2.42 bits per heavy atom. The van der Waals surface area contributed by atoms with Crippen molar-refractivity contribution < 1.29 is 31.1 Å². The molecule has 36 heavy (non-hydrogen) atoms. The van der Waals surface area contributed by atoms with Gasteiger partial charge in [0.25, 0.3) is 5.91 Å². The number of carbonyl (C=O) groups is 1. The summed E-state index contributed by atoms with van der Waals surface area (Å²) < 4.78 is 81.3. The van der Waals surface area contributed by atoms with Crippen LogP contribution >= 0.6 is 11.3 Å². The van der Waals surface area contributed by atoms with Crippen LogP contribution in [0, 0.1) is 6.92 Å². The first-order valence-electron chi connectivity index (χ1n) is 10.8. The summed E-state index contributed by atoms with van der Waals surface area (Å²) in [7, 11) is 0. The third-order valence-electron chi connectivity index (χ3n) is 5.32. The molecule has 192 valence electrons. The van der Waals surface area contributed by atoms with E-state index in [0.29, 0.717) is 15.1 Å². The first-order chi connectivity index (χ1) is 16.9. The Morgan fingerprint density at radius 1 is 1.06 bits per heavy atom. The van der Waals surface area contributed by atoms with E-state index in [4.69, 9.17) is 0 Å². The molecule has 0 radical (unpaired) electrons. The Hall–Kier alpha value is -3.42. The van der Waals surface area contributed by atoms with Gasteiger partial charge in [0.2, 0.25) is 0 Å². The van der Waals surface area contributed by atoms with Crippen LogP contribution in [0.4, 0.5) is 26.3 Å².